The van der Waals surface area contributed by atoms with Gasteiger partial charge in [0, 0.05) is 28.2 Å². The van der Waals surface area contributed by atoms with Gasteiger partial charge in [0.15, 0.2) is 23.3 Å². The molecule has 288 valence electrons. The van der Waals surface area contributed by atoms with Crippen LogP contribution in [0.4, 0.5) is 47.8 Å². The molecular weight excluding hydrogens is 834 g/mol. The second kappa shape index (κ2) is 16.0. The van der Waals surface area contributed by atoms with Crippen molar-refractivity contribution in [3.8, 4) is 0 Å². The second-order valence-corrected chi connectivity index (χ2v) is 16.8. The van der Waals surface area contributed by atoms with Crippen LogP contribution in [0.15, 0.2) is 106 Å². The minimum absolute atomic E-state index is 0.176. The third kappa shape index (κ3) is 9.94. The maximum Gasteiger partial charge on any atom is 0.416 e. The Morgan fingerprint density at radius 2 is 0.963 bits per heavy atom. The van der Waals surface area contributed by atoms with E-state index in [2.05, 4.69) is 9.44 Å². The molecule has 0 saturated carbocycles. The van der Waals surface area contributed by atoms with Crippen molar-refractivity contribution in [2.45, 2.75) is 34.7 Å². The summed E-state index contributed by atoms with van der Waals surface area (Å²) < 4.78 is 173. The Kier molecular flexibility index (Phi) is 12.5. The van der Waals surface area contributed by atoms with Gasteiger partial charge in [0.1, 0.15) is 0 Å². The topological polar surface area (TPSA) is 139 Å². The quantitative estimate of drug-likeness (QED) is 0.126. The van der Waals surface area contributed by atoms with Crippen molar-refractivity contribution in [2.24, 2.45) is 0 Å². The van der Waals surface area contributed by atoms with Crippen molar-refractivity contribution >= 4 is 70.3 Å². The molecular formula is C33H24Cl2F7N3O6S3. The number of nitrogens with one attached hydrogen (secondary N) is 3. The fourth-order valence-corrected chi connectivity index (χ4v) is 8.72. The van der Waals surface area contributed by atoms with E-state index in [4.69, 9.17) is 23.2 Å². The molecule has 0 radical (unpaired) electrons. The van der Waals surface area contributed by atoms with E-state index >= 15 is 0 Å². The summed E-state index contributed by atoms with van der Waals surface area (Å²) in [5.41, 5.74) is -2.04. The molecule has 21 heteroatoms. The summed E-state index contributed by atoms with van der Waals surface area (Å²) in [7, 11) is -13.0. The number of sulfonamides is 3. The summed E-state index contributed by atoms with van der Waals surface area (Å²) in [6.07, 6.45) is -4.70. The van der Waals surface area contributed by atoms with Gasteiger partial charge in [-0.2, -0.15) is 13.2 Å². The molecule has 0 unspecified atom stereocenters. The van der Waals surface area contributed by atoms with Gasteiger partial charge in [0.05, 0.1) is 37.3 Å². The smallest absolute Gasteiger partial charge is 0.280 e. The monoisotopic (exact) mass is 857 g/mol. The molecule has 54 heavy (non-hydrogen) atoms. The van der Waals surface area contributed by atoms with E-state index in [9.17, 15) is 56.0 Å². The Morgan fingerprint density at radius 1 is 0.519 bits per heavy atom. The summed E-state index contributed by atoms with van der Waals surface area (Å²) in [5, 5.41) is 0.353. The van der Waals surface area contributed by atoms with E-state index in [0.717, 1.165) is 24.3 Å². The molecule has 0 aliphatic rings. The fraction of sp³-hybridized carbons (Fsp3) is 0.0909. The van der Waals surface area contributed by atoms with Crippen molar-refractivity contribution in [3.63, 3.8) is 0 Å². The van der Waals surface area contributed by atoms with Gasteiger partial charge < -0.3 is 0 Å². The zero-order valence-electron chi connectivity index (χ0n) is 27.2. The molecule has 5 aromatic carbocycles. The predicted octanol–water partition coefficient (Wildman–Crippen LogP) is 9.27. The highest BCUT2D eigenvalue weighted by atomic mass is 35.5. The standard InChI is InChI=1S/C20H16Cl2F2N2O4S2.C13H8F5NO2S/c1-11-13(21)5-3-7-19(11)31(27,28)25-17-9-15(23)16(24)10-18(17)26-32(29,30)20-8-4-6-14(22)12(20)2;14-11-5-4-9(7-12(11)15)19-22(20,21)10-3-1-2-8(6-10)13(16,17)18/h3-10,25-26H,1-2H3;1-7,19H. The van der Waals surface area contributed by atoms with Crippen LogP contribution in [0.3, 0.4) is 0 Å². The molecule has 5 aromatic rings. The van der Waals surface area contributed by atoms with E-state index in [1.165, 1.54) is 50.2 Å². The minimum Gasteiger partial charge on any atom is -0.280 e. The lowest BCUT2D eigenvalue weighted by Crippen LogP contribution is -2.19. The van der Waals surface area contributed by atoms with Gasteiger partial charge in [-0.05, 0) is 79.6 Å². The van der Waals surface area contributed by atoms with Crippen molar-refractivity contribution in [1.82, 2.24) is 0 Å². The summed E-state index contributed by atoms with van der Waals surface area (Å²) in [6, 6.07) is 14.7. The normalized spacial score (nSPS) is 12.1. The Balaban J connectivity index is 0.000000258. The zero-order valence-corrected chi connectivity index (χ0v) is 31.2. The Morgan fingerprint density at radius 3 is 1.41 bits per heavy atom. The first-order valence-corrected chi connectivity index (χ1v) is 19.8. The fourth-order valence-electron chi connectivity index (χ4n) is 4.49. The summed E-state index contributed by atoms with van der Waals surface area (Å²) in [5.74, 6) is -5.23. The molecule has 9 nitrogen and oxygen atoms in total. The van der Waals surface area contributed by atoms with Crippen molar-refractivity contribution < 1.29 is 56.0 Å². The van der Waals surface area contributed by atoms with E-state index < -0.39 is 81.3 Å². The van der Waals surface area contributed by atoms with Gasteiger partial charge in [0.25, 0.3) is 30.1 Å². The van der Waals surface area contributed by atoms with Crippen molar-refractivity contribution in [3.05, 3.63) is 141 Å². The number of hydrogen-bond acceptors (Lipinski definition) is 6. The highest BCUT2D eigenvalue weighted by Gasteiger charge is 2.32. The molecule has 0 saturated heterocycles. The first kappa shape index (κ1) is 42.2. The first-order valence-electron chi connectivity index (χ1n) is 14.6. The van der Waals surface area contributed by atoms with Crippen LogP contribution in [0.25, 0.3) is 0 Å². The zero-order chi connectivity index (χ0) is 40.4. The summed E-state index contributed by atoms with van der Waals surface area (Å²) >= 11 is 12.0. The van der Waals surface area contributed by atoms with Crippen LogP contribution in [0.5, 0.6) is 0 Å². The lowest BCUT2D eigenvalue weighted by Gasteiger charge is -2.17. The van der Waals surface area contributed by atoms with Crippen molar-refractivity contribution in [1.29, 1.82) is 0 Å². The highest BCUT2D eigenvalue weighted by Crippen LogP contribution is 2.33. The number of halogens is 9. The largest absolute Gasteiger partial charge is 0.416 e. The molecule has 0 aliphatic heterocycles. The second-order valence-electron chi connectivity index (χ2n) is 11.0. The van der Waals surface area contributed by atoms with Crippen LogP contribution >= 0.6 is 23.2 Å². The maximum atomic E-state index is 13.9. The number of alkyl halides is 3. The van der Waals surface area contributed by atoms with Crippen LogP contribution in [-0.4, -0.2) is 25.3 Å². The molecule has 5 rings (SSSR count). The molecule has 0 spiro atoms. The molecule has 0 heterocycles. The van der Waals surface area contributed by atoms with E-state index in [0.29, 0.717) is 30.3 Å². The maximum absolute atomic E-state index is 13.9. The SMILES string of the molecule is Cc1c(Cl)cccc1S(=O)(=O)Nc1cc(F)c(F)cc1NS(=O)(=O)c1cccc(Cl)c1C.O=S(=O)(Nc1ccc(F)c(F)c1)c1cccc(C(F)(F)F)c1. The van der Waals surface area contributed by atoms with Crippen LogP contribution < -0.4 is 14.2 Å². The number of hydrogen-bond donors (Lipinski definition) is 3. The first-order chi connectivity index (χ1) is 24.9. The lowest BCUT2D eigenvalue weighted by atomic mass is 10.2. The average Bonchev–Trinajstić information content (AvgIpc) is 3.07. The summed E-state index contributed by atoms with van der Waals surface area (Å²) in [6.45, 7) is 2.93. The van der Waals surface area contributed by atoms with Gasteiger partial charge in [-0.15, -0.1) is 0 Å². The third-order valence-corrected chi connectivity index (χ3v) is 12.4. The molecule has 0 atom stereocenters. The van der Waals surface area contributed by atoms with Crippen LogP contribution in [0.2, 0.25) is 10.0 Å². The van der Waals surface area contributed by atoms with E-state index in [1.54, 1.807) is 0 Å². The van der Waals surface area contributed by atoms with Gasteiger partial charge in [0.2, 0.25) is 0 Å². The van der Waals surface area contributed by atoms with Gasteiger partial charge in [-0.1, -0.05) is 41.4 Å². The van der Waals surface area contributed by atoms with Crippen LogP contribution in [0.1, 0.15) is 16.7 Å². The summed E-state index contributed by atoms with van der Waals surface area (Å²) in [4.78, 5) is -1.07. The Bertz CT molecular complexity index is 2470. The third-order valence-electron chi connectivity index (χ3n) is 7.21. The highest BCUT2D eigenvalue weighted by molar-refractivity contribution is 7.93. The molecule has 0 fully saturated rings. The molecule has 3 N–H and O–H groups in total. The average molecular weight is 859 g/mol. The predicted molar refractivity (Wildman–Crippen MR) is 189 cm³/mol. The number of rotatable bonds is 9. The Labute approximate surface area is 314 Å². The van der Waals surface area contributed by atoms with E-state index in [1.807, 2.05) is 4.72 Å². The number of anilines is 3. The molecule has 0 aliphatic carbocycles. The van der Waals surface area contributed by atoms with Gasteiger partial charge >= 0.3 is 6.18 Å². The van der Waals surface area contributed by atoms with Gasteiger partial charge in [-0.25, -0.2) is 42.8 Å². The van der Waals surface area contributed by atoms with E-state index in [-0.39, 0.29) is 36.7 Å². The van der Waals surface area contributed by atoms with Gasteiger partial charge in [-0.3, -0.25) is 14.2 Å². The Hall–Kier alpha value is -4.56. The minimum atomic E-state index is -4.70. The van der Waals surface area contributed by atoms with Crippen LogP contribution in [-0.2, 0) is 36.2 Å². The molecule has 0 bridgehead atoms. The lowest BCUT2D eigenvalue weighted by molar-refractivity contribution is -0.137. The number of benzene rings is 5. The van der Waals surface area contributed by atoms with Crippen molar-refractivity contribution in [2.75, 3.05) is 14.2 Å². The molecule has 0 aromatic heterocycles. The molecule has 0 amide bonds. The van der Waals surface area contributed by atoms with Crippen LogP contribution in [0, 0.1) is 37.1 Å².